The van der Waals surface area contributed by atoms with Crippen molar-refractivity contribution in [3.8, 4) is 0 Å². The summed E-state index contributed by atoms with van der Waals surface area (Å²) in [6.45, 7) is 6.91. The molecule has 0 spiro atoms. The minimum absolute atomic E-state index is 0.117. The van der Waals surface area contributed by atoms with Crippen molar-refractivity contribution in [1.82, 2.24) is 0 Å². The van der Waals surface area contributed by atoms with Gasteiger partial charge in [-0.15, -0.1) is 0 Å². The predicted octanol–water partition coefficient (Wildman–Crippen LogP) is 3.60. The van der Waals surface area contributed by atoms with Crippen molar-refractivity contribution in [1.29, 1.82) is 0 Å². The highest BCUT2D eigenvalue weighted by molar-refractivity contribution is 9.10. The minimum Gasteiger partial charge on any atom is -0.384 e. The summed E-state index contributed by atoms with van der Waals surface area (Å²) in [5.41, 5.74) is 2.76. The molecule has 3 heteroatoms. The van der Waals surface area contributed by atoms with Gasteiger partial charge in [0.15, 0.2) is 0 Å². The van der Waals surface area contributed by atoms with Crippen LogP contribution in [0, 0.1) is 12.7 Å². The van der Waals surface area contributed by atoms with Crippen LogP contribution in [0.3, 0.4) is 0 Å². The Morgan fingerprint density at radius 2 is 2.14 bits per heavy atom. The SMILES string of the molecule is Cc1cc(Br)c(F)c2c1NCC2(C)C. The maximum absolute atomic E-state index is 13.9. The van der Waals surface area contributed by atoms with Gasteiger partial charge < -0.3 is 5.32 Å². The third-order valence-electron chi connectivity index (χ3n) is 2.80. The first kappa shape index (κ1) is 9.97. The van der Waals surface area contributed by atoms with Crippen LogP contribution in [-0.2, 0) is 5.41 Å². The van der Waals surface area contributed by atoms with Crippen molar-refractivity contribution in [2.75, 3.05) is 11.9 Å². The van der Waals surface area contributed by atoms with Crippen molar-refractivity contribution in [2.45, 2.75) is 26.2 Å². The van der Waals surface area contributed by atoms with Crippen molar-refractivity contribution in [3.05, 3.63) is 27.5 Å². The Morgan fingerprint density at radius 1 is 1.50 bits per heavy atom. The summed E-state index contributed by atoms with van der Waals surface area (Å²) in [5.74, 6) is -0.124. The molecule has 0 saturated carbocycles. The van der Waals surface area contributed by atoms with E-state index >= 15 is 0 Å². The van der Waals surface area contributed by atoms with Gasteiger partial charge in [0.05, 0.1) is 4.47 Å². The molecule has 14 heavy (non-hydrogen) atoms. The highest BCUT2D eigenvalue weighted by Gasteiger charge is 2.34. The zero-order valence-electron chi connectivity index (χ0n) is 8.54. The highest BCUT2D eigenvalue weighted by atomic mass is 79.9. The number of anilines is 1. The second-order valence-corrected chi connectivity index (χ2v) is 5.33. The lowest BCUT2D eigenvalue weighted by molar-refractivity contribution is 0.524. The molecule has 0 unspecified atom stereocenters. The van der Waals surface area contributed by atoms with E-state index < -0.39 is 0 Å². The fraction of sp³-hybridized carbons (Fsp3) is 0.455. The molecule has 76 valence electrons. The van der Waals surface area contributed by atoms with Crippen LogP contribution in [-0.4, -0.2) is 6.54 Å². The van der Waals surface area contributed by atoms with Gasteiger partial charge in [-0.3, -0.25) is 0 Å². The molecular formula is C11H13BrFN. The molecule has 1 N–H and O–H groups in total. The number of rotatable bonds is 0. The smallest absolute Gasteiger partial charge is 0.143 e. The van der Waals surface area contributed by atoms with E-state index in [0.717, 1.165) is 23.4 Å². The summed E-state index contributed by atoms with van der Waals surface area (Å²) in [6, 6.07) is 1.82. The molecule has 1 aliphatic rings. The maximum atomic E-state index is 13.9. The van der Waals surface area contributed by atoms with Crippen LogP contribution in [0.5, 0.6) is 0 Å². The normalized spacial score (nSPS) is 17.8. The molecule has 0 aliphatic carbocycles. The van der Waals surface area contributed by atoms with E-state index in [9.17, 15) is 4.39 Å². The largest absolute Gasteiger partial charge is 0.384 e. The lowest BCUT2D eigenvalue weighted by Gasteiger charge is -2.18. The van der Waals surface area contributed by atoms with Crippen molar-refractivity contribution < 1.29 is 4.39 Å². The van der Waals surface area contributed by atoms with Gasteiger partial charge in [-0.1, -0.05) is 13.8 Å². The molecule has 0 atom stereocenters. The summed E-state index contributed by atoms with van der Waals surface area (Å²) >= 11 is 3.25. The Kier molecular flexibility index (Phi) is 2.11. The molecule has 1 aromatic carbocycles. The summed E-state index contributed by atoms with van der Waals surface area (Å²) in [7, 11) is 0. The zero-order chi connectivity index (χ0) is 10.5. The lowest BCUT2D eigenvalue weighted by atomic mass is 9.86. The second kappa shape index (κ2) is 2.96. The summed E-state index contributed by atoms with van der Waals surface area (Å²) in [6.07, 6.45) is 0. The van der Waals surface area contributed by atoms with Crippen LogP contribution in [0.4, 0.5) is 10.1 Å². The van der Waals surface area contributed by atoms with Crippen LogP contribution < -0.4 is 5.32 Å². The van der Waals surface area contributed by atoms with E-state index in [2.05, 4.69) is 35.1 Å². The third kappa shape index (κ3) is 1.26. The van der Waals surface area contributed by atoms with Gasteiger partial charge in [0, 0.05) is 23.2 Å². The first-order chi connectivity index (χ1) is 6.43. The average molecular weight is 258 g/mol. The summed E-state index contributed by atoms with van der Waals surface area (Å²) < 4.78 is 14.5. The Balaban J connectivity index is 2.75. The molecule has 2 rings (SSSR count). The Bertz CT molecular complexity index is 399. The lowest BCUT2D eigenvalue weighted by Crippen LogP contribution is -2.20. The summed E-state index contributed by atoms with van der Waals surface area (Å²) in [5, 5.41) is 3.27. The van der Waals surface area contributed by atoms with E-state index in [-0.39, 0.29) is 11.2 Å². The van der Waals surface area contributed by atoms with Gasteiger partial charge in [0.25, 0.3) is 0 Å². The molecule has 0 amide bonds. The predicted molar refractivity (Wildman–Crippen MR) is 60.4 cm³/mol. The maximum Gasteiger partial charge on any atom is 0.143 e. The van der Waals surface area contributed by atoms with Crippen molar-refractivity contribution in [3.63, 3.8) is 0 Å². The first-order valence-electron chi connectivity index (χ1n) is 4.66. The van der Waals surface area contributed by atoms with Crippen LogP contribution in [0.2, 0.25) is 0 Å². The number of hydrogen-bond acceptors (Lipinski definition) is 1. The van der Waals surface area contributed by atoms with Crippen molar-refractivity contribution >= 4 is 21.6 Å². The second-order valence-electron chi connectivity index (χ2n) is 4.48. The van der Waals surface area contributed by atoms with Crippen LogP contribution >= 0.6 is 15.9 Å². The number of halogens is 2. The van der Waals surface area contributed by atoms with E-state index in [0.29, 0.717) is 4.47 Å². The molecule has 0 aromatic heterocycles. The van der Waals surface area contributed by atoms with E-state index in [1.165, 1.54) is 0 Å². The Hall–Kier alpha value is -0.570. The van der Waals surface area contributed by atoms with Gasteiger partial charge in [-0.2, -0.15) is 0 Å². The van der Waals surface area contributed by atoms with Crippen LogP contribution in [0.1, 0.15) is 25.0 Å². The Morgan fingerprint density at radius 3 is 2.79 bits per heavy atom. The molecule has 1 heterocycles. The van der Waals surface area contributed by atoms with E-state index in [1.807, 2.05) is 13.0 Å². The van der Waals surface area contributed by atoms with Crippen LogP contribution in [0.25, 0.3) is 0 Å². The quantitative estimate of drug-likeness (QED) is 0.749. The highest BCUT2D eigenvalue weighted by Crippen LogP contribution is 2.42. The van der Waals surface area contributed by atoms with Gasteiger partial charge in [-0.05, 0) is 34.5 Å². The number of hydrogen-bond donors (Lipinski definition) is 1. The standard InChI is InChI=1S/C11H13BrFN/c1-6-4-7(12)9(13)8-10(6)14-5-11(8,2)3/h4,14H,5H2,1-3H3. The fourth-order valence-corrected chi connectivity index (χ4v) is 2.55. The van der Waals surface area contributed by atoms with E-state index in [4.69, 9.17) is 0 Å². The third-order valence-corrected chi connectivity index (χ3v) is 3.38. The molecule has 0 bridgehead atoms. The Labute approximate surface area is 91.8 Å². The number of benzene rings is 1. The molecule has 0 fully saturated rings. The summed E-state index contributed by atoms with van der Waals surface area (Å²) in [4.78, 5) is 0. The number of fused-ring (bicyclic) bond motifs is 1. The van der Waals surface area contributed by atoms with Gasteiger partial charge in [0.1, 0.15) is 5.82 Å². The molecule has 0 radical (unpaired) electrons. The van der Waals surface area contributed by atoms with Crippen molar-refractivity contribution in [2.24, 2.45) is 0 Å². The van der Waals surface area contributed by atoms with E-state index in [1.54, 1.807) is 0 Å². The van der Waals surface area contributed by atoms with Gasteiger partial charge in [0.2, 0.25) is 0 Å². The molecular weight excluding hydrogens is 245 g/mol. The number of aryl methyl sites for hydroxylation is 1. The zero-order valence-corrected chi connectivity index (χ0v) is 10.1. The van der Waals surface area contributed by atoms with Gasteiger partial charge >= 0.3 is 0 Å². The molecule has 1 aromatic rings. The first-order valence-corrected chi connectivity index (χ1v) is 5.46. The minimum atomic E-state index is -0.124. The van der Waals surface area contributed by atoms with Gasteiger partial charge in [-0.25, -0.2) is 4.39 Å². The fourth-order valence-electron chi connectivity index (χ4n) is 2.01. The number of nitrogens with one attached hydrogen (secondary N) is 1. The topological polar surface area (TPSA) is 12.0 Å². The molecule has 1 aliphatic heterocycles. The monoisotopic (exact) mass is 257 g/mol. The molecule has 0 saturated heterocycles. The molecule has 1 nitrogen and oxygen atoms in total. The van der Waals surface area contributed by atoms with Crippen LogP contribution in [0.15, 0.2) is 10.5 Å². The average Bonchev–Trinajstić information content (AvgIpc) is 2.38.